The molecular weight excluding hydrogens is 1660 g/mol. The molecule has 0 saturated heterocycles. The summed E-state index contributed by atoms with van der Waals surface area (Å²) in [5.41, 5.74) is 3.28. The van der Waals surface area contributed by atoms with E-state index < -0.39 is 121 Å². The number of benzene rings is 10. The second kappa shape index (κ2) is 40.1. The van der Waals surface area contributed by atoms with Crippen molar-refractivity contribution in [2.45, 2.75) is 61.8 Å². The highest BCUT2D eigenvalue weighted by Crippen LogP contribution is 2.44. The van der Waals surface area contributed by atoms with Gasteiger partial charge in [0.15, 0.2) is 0 Å². The largest absolute Gasteiger partial charge is 0.497 e. The van der Waals surface area contributed by atoms with Crippen LogP contribution in [0.2, 0.25) is 0 Å². The number of fused-ring (bicyclic) bond motifs is 2. The molecule has 0 aliphatic carbocycles. The zero-order valence-electron chi connectivity index (χ0n) is 64.4. The van der Waals surface area contributed by atoms with Crippen LogP contribution in [0.5, 0.6) is 23.0 Å². The van der Waals surface area contributed by atoms with E-state index >= 15 is 17.6 Å². The lowest BCUT2D eigenvalue weighted by molar-refractivity contribution is -0.143. The van der Waals surface area contributed by atoms with Crippen LogP contribution in [0.4, 0.5) is 37.7 Å². The van der Waals surface area contributed by atoms with Gasteiger partial charge in [-0.15, -0.1) is 0 Å². The fraction of sp³-hybridized carbons (Fsp3) is 0.176. The van der Waals surface area contributed by atoms with Gasteiger partial charge in [-0.1, -0.05) is 107 Å². The van der Waals surface area contributed by atoms with Gasteiger partial charge >= 0.3 is 19.1 Å². The van der Waals surface area contributed by atoms with Crippen molar-refractivity contribution in [3.8, 4) is 56.4 Å². The molecule has 2 heterocycles. The van der Waals surface area contributed by atoms with Crippen molar-refractivity contribution in [1.29, 1.82) is 0 Å². The van der Waals surface area contributed by atoms with Crippen LogP contribution in [0, 0.1) is 35.2 Å². The predicted octanol–water partition coefficient (Wildman–Crippen LogP) is 14.1. The van der Waals surface area contributed by atoms with Gasteiger partial charge in [-0.05, 0) is 176 Å². The quantitative estimate of drug-likeness (QED) is 0.00951. The van der Waals surface area contributed by atoms with Crippen LogP contribution >= 0.6 is 15.9 Å². The summed E-state index contributed by atoms with van der Waals surface area (Å²) in [6, 6.07) is 44.4. The van der Waals surface area contributed by atoms with E-state index in [4.69, 9.17) is 33.2 Å². The van der Waals surface area contributed by atoms with E-state index in [1.54, 1.807) is 54.6 Å². The molecular formula is C85H76BBrF6N6O18S2. The predicted molar refractivity (Wildman–Crippen MR) is 437 cm³/mol. The minimum Gasteiger partial charge on any atom is -0.497 e. The summed E-state index contributed by atoms with van der Waals surface area (Å²) in [5.74, 6) is -10.1. The van der Waals surface area contributed by atoms with Gasteiger partial charge in [0.1, 0.15) is 69.5 Å². The fourth-order valence-corrected chi connectivity index (χ4v) is 15.3. The molecule has 119 heavy (non-hydrogen) atoms. The highest BCUT2D eigenvalue weighted by molar-refractivity contribution is 9.10. The zero-order chi connectivity index (χ0) is 86.0. The molecule has 0 aliphatic rings. The Morgan fingerprint density at radius 2 is 0.857 bits per heavy atom. The van der Waals surface area contributed by atoms with Gasteiger partial charge < -0.3 is 58.9 Å². The number of aliphatic carboxylic acids is 1. The molecule has 0 fully saturated rings. The maximum atomic E-state index is 15.4. The highest BCUT2D eigenvalue weighted by Gasteiger charge is 2.32. The number of halogens is 7. The Kier molecular flexibility index (Phi) is 30.0. The normalized spacial score (nSPS) is 11.7. The molecule has 0 spiro atoms. The van der Waals surface area contributed by atoms with Gasteiger partial charge in [0.2, 0.25) is 11.9 Å². The number of hydrogen-bond acceptors (Lipinski definition) is 19. The zero-order valence-corrected chi connectivity index (χ0v) is 67.6. The van der Waals surface area contributed by atoms with Gasteiger partial charge in [-0.3, -0.25) is 19.0 Å². The number of pyridine rings is 2. The molecule has 10 aromatic carbocycles. The number of esters is 1. The van der Waals surface area contributed by atoms with Gasteiger partial charge in [0.05, 0.1) is 81.0 Å². The Morgan fingerprint density at radius 3 is 1.25 bits per heavy atom. The number of carboxylic acids is 1. The van der Waals surface area contributed by atoms with Crippen molar-refractivity contribution in [2.24, 2.45) is 0 Å². The second-order valence-electron chi connectivity index (χ2n) is 26.0. The van der Waals surface area contributed by atoms with Gasteiger partial charge in [-0.2, -0.15) is 8.78 Å². The van der Waals surface area contributed by atoms with Crippen LogP contribution in [0.15, 0.2) is 221 Å². The molecule has 2 amide bonds. The monoisotopic (exact) mass is 1740 g/mol. The summed E-state index contributed by atoms with van der Waals surface area (Å²) < 4.78 is 182. The number of nitrogens with one attached hydrogen (secondary N) is 4. The molecule has 0 unspecified atom stereocenters. The van der Waals surface area contributed by atoms with E-state index in [-0.39, 0.29) is 28.1 Å². The first kappa shape index (κ1) is 88.9. The number of aromatic nitrogens is 2. The van der Waals surface area contributed by atoms with Crippen molar-refractivity contribution in [3.63, 3.8) is 0 Å². The molecule has 34 heteroatoms. The smallest absolute Gasteiger partial charge is 0.496 e. The van der Waals surface area contributed by atoms with Gasteiger partial charge in [0.25, 0.3) is 31.9 Å². The maximum Gasteiger partial charge on any atom is 0.496 e. The van der Waals surface area contributed by atoms with Crippen molar-refractivity contribution in [1.82, 2.24) is 20.6 Å². The third-order valence-electron chi connectivity index (χ3n) is 18.4. The summed E-state index contributed by atoms with van der Waals surface area (Å²) in [6.45, 7) is 5.69. The van der Waals surface area contributed by atoms with Crippen molar-refractivity contribution in [2.75, 3.05) is 58.2 Å². The highest BCUT2D eigenvalue weighted by atomic mass is 79.9. The van der Waals surface area contributed by atoms with Crippen molar-refractivity contribution >= 4 is 105 Å². The molecule has 7 N–H and O–H groups in total. The molecule has 0 bridgehead atoms. The number of anilines is 2. The average Bonchev–Trinajstić information content (AvgIpc) is 0.760. The molecule has 0 radical (unpaired) electrons. The molecule has 24 nitrogen and oxygen atoms in total. The Hall–Kier alpha value is -12.4. The molecule has 0 aliphatic heterocycles. The molecule has 12 aromatic rings. The van der Waals surface area contributed by atoms with E-state index in [0.717, 1.165) is 44.4 Å². The SMILES string of the molecule is CCOCc1cc(OC)c(-c2ccc(C[C@H](NC(=O)c3c(F)cc(NS(=O)(=O)c4ccc(-c5ccnc(F)c5)cc4)cc3F)C(=O)O)c3ccccc23)c(OC)c1.CCOCc1cc(OC)c(B(O)O)c(OC)c1.COC(=O)[C@H](Cc1ccc(Br)c2ccccc12)NC(=O)c1c(F)cc(NS(=O)(=O)c2ccc(-c3ccnc(F)c3)cc2)cc1F. The number of nitrogens with zero attached hydrogens (tertiary/aromatic N) is 2. The summed E-state index contributed by atoms with van der Waals surface area (Å²) in [5, 5.41) is 36.3. The molecule has 2 atom stereocenters. The summed E-state index contributed by atoms with van der Waals surface area (Å²) in [4.78, 5) is 57.8. The Bertz CT molecular complexity index is 5890. The van der Waals surface area contributed by atoms with Crippen molar-refractivity contribution < 1.29 is 111 Å². The Morgan fingerprint density at radius 1 is 0.471 bits per heavy atom. The van der Waals surface area contributed by atoms with E-state index in [0.29, 0.717) is 118 Å². The van der Waals surface area contributed by atoms with Crippen LogP contribution in [-0.4, -0.2) is 134 Å². The van der Waals surface area contributed by atoms with Crippen LogP contribution in [0.1, 0.15) is 56.8 Å². The van der Waals surface area contributed by atoms with Crippen LogP contribution in [0.3, 0.4) is 0 Å². The molecule has 0 saturated carbocycles. The minimum absolute atomic E-state index is 0.0395. The fourth-order valence-electron chi connectivity index (χ4n) is 12.7. The molecule has 2 aromatic heterocycles. The Labute approximate surface area is 688 Å². The van der Waals surface area contributed by atoms with Crippen LogP contribution in [-0.2, 0) is 69.9 Å². The third-order valence-corrected chi connectivity index (χ3v) is 21.8. The van der Waals surface area contributed by atoms with Crippen molar-refractivity contribution in [3.05, 3.63) is 280 Å². The summed E-state index contributed by atoms with van der Waals surface area (Å²) in [6.07, 6.45) is 2.22. The van der Waals surface area contributed by atoms with E-state index in [2.05, 4.69) is 46.0 Å². The number of hydrogen-bond donors (Lipinski definition) is 7. The third kappa shape index (κ3) is 21.9. The van der Waals surface area contributed by atoms with Crippen LogP contribution < -0.4 is 44.5 Å². The number of rotatable bonds is 30. The lowest BCUT2D eigenvalue weighted by Crippen LogP contribution is -2.43. The van der Waals surface area contributed by atoms with E-state index in [1.807, 2.05) is 62.4 Å². The standard InChI is InChI=1S/C42H36F3N3O8S.C32H23BrF3N3O5S.C11H17BO5/c1-4-56-23-24-17-36(54-2)39(37(18-24)55-3)32-14-11-27(30-7-5-6-8-31(30)32)19-35(42(50)51)47-41(49)40-33(43)21-28(22-34(40)44)48-57(52,53)29-12-9-25(10-13-29)26-15-16-46-38(45)20-26;1-44-32(41)28(14-20-8-11-25(33)24-5-3-2-4-23(20)24)38-31(40)30-26(34)16-21(17-27(30)35)39-45(42,43)22-9-6-18(7-10-22)19-12-13-37-29(36)15-19;1-4-17-7-8-5-9(15-2)11(12(13)14)10(6-8)16-3/h5-18,20-22,35,48H,4,19,23H2,1-3H3,(H,47,49)(H,50,51);2-13,15-17,28,39H,14H2,1H3,(H,38,40);5-6,13-14H,4,7H2,1-3H3/t35-;28-;/m00./s1. The van der Waals surface area contributed by atoms with Gasteiger partial charge in [-0.25, -0.2) is 54.0 Å². The topological polar surface area (TPSA) is 336 Å². The summed E-state index contributed by atoms with van der Waals surface area (Å²) >= 11 is 3.48. The summed E-state index contributed by atoms with van der Waals surface area (Å²) in [7, 11) is -3.20. The first-order valence-corrected chi connectivity index (χ1v) is 39.8. The van der Waals surface area contributed by atoms with E-state index in [9.17, 15) is 59.9 Å². The number of sulfonamides is 2. The number of carbonyl (C=O) groups excluding carboxylic acids is 3. The molecule has 618 valence electrons. The average molecular weight is 1740 g/mol. The lowest BCUT2D eigenvalue weighted by Gasteiger charge is -2.20. The number of carbonyl (C=O) groups is 4. The second-order valence-corrected chi connectivity index (χ2v) is 30.2. The number of ether oxygens (including phenoxy) is 7. The number of methoxy groups -OCH3 is 5. The number of carboxylic acid groups (broad SMARTS) is 1. The lowest BCUT2D eigenvalue weighted by atomic mass is 9.78. The minimum atomic E-state index is -4.37. The molecule has 12 rings (SSSR count). The van der Waals surface area contributed by atoms with E-state index in [1.165, 1.54) is 108 Å². The van der Waals surface area contributed by atoms with Gasteiger partial charge in [0, 0.05) is 55.1 Å². The maximum absolute atomic E-state index is 15.4. The Balaban J connectivity index is 0.000000213. The first-order chi connectivity index (χ1) is 56.9. The first-order valence-electron chi connectivity index (χ1n) is 36.0. The van der Waals surface area contributed by atoms with Crippen LogP contribution in [0.25, 0.3) is 54.9 Å². The number of amides is 2.